The first kappa shape index (κ1) is 10.2. The van der Waals surface area contributed by atoms with Crippen molar-refractivity contribution in [1.29, 1.82) is 5.41 Å². The maximum Gasteiger partial charge on any atom is 0.187 e. The molecule has 0 saturated carbocycles. The normalized spacial score (nSPS) is 11.4. The van der Waals surface area contributed by atoms with Gasteiger partial charge >= 0.3 is 0 Å². The SMILES string of the molecule is Cc1cc(Cl)ccc1[N+](C)(C)C=N. The summed E-state index contributed by atoms with van der Waals surface area (Å²) in [4.78, 5) is 0. The van der Waals surface area contributed by atoms with Gasteiger partial charge in [-0.15, -0.1) is 0 Å². The largest absolute Gasteiger partial charge is 0.257 e. The number of quaternary nitrogens is 1. The van der Waals surface area contributed by atoms with E-state index in [1.807, 2.05) is 39.2 Å². The second-order valence-electron chi connectivity index (χ2n) is 3.60. The van der Waals surface area contributed by atoms with Gasteiger partial charge in [-0.2, -0.15) is 0 Å². The van der Waals surface area contributed by atoms with Crippen LogP contribution in [0.5, 0.6) is 0 Å². The van der Waals surface area contributed by atoms with Crippen molar-refractivity contribution in [2.24, 2.45) is 0 Å². The molecule has 3 heteroatoms. The summed E-state index contributed by atoms with van der Waals surface area (Å²) in [7, 11) is 3.92. The van der Waals surface area contributed by atoms with Crippen LogP contribution in [0.15, 0.2) is 18.2 Å². The lowest BCUT2D eigenvalue weighted by Gasteiger charge is -2.24. The third kappa shape index (κ3) is 2.08. The summed E-state index contributed by atoms with van der Waals surface area (Å²) in [6.45, 7) is 2.00. The quantitative estimate of drug-likeness (QED) is 0.428. The molecule has 0 atom stereocenters. The lowest BCUT2D eigenvalue weighted by molar-refractivity contribution is 0.604. The highest BCUT2D eigenvalue weighted by Crippen LogP contribution is 2.25. The number of hydrogen-bond donors (Lipinski definition) is 1. The summed E-state index contributed by atoms with van der Waals surface area (Å²) in [5, 5.41) is 8.05. The summed E-state index contributed by atoms with van der Waals surface area (Å²) in [5.41, 5.74) is 2.21. The molecule has 0 aliphatic carbocycles. The van der Waals surface area contributed by atoms with E-state index in [9.17, 15) is 0 Å². The van der Waals surface area contributed by atoms with Crippen LogP contribution in [0.25, 0.3) is 0 Å². The molecule has 0 radical (unpaired) electrons. The minimum absolute atomic E-state index is 0.447. The van der Waals surface area contributed by atoms with Gasteiger partial charge in [-0.25, -0.2) is 0 Å². The highest BCUT2D eigenvalue weighted by atomic mass is 35.5. The summed E-state index contributed by atoms with van der Waals surface area (Å²) in [6, 6.07) is 5.73. The molecule has 70 valence electrons. The fourth-order valence-electron chi connectivity index (χ4n) is 1.34. The van der Waals surface area contributed by atoms with Crippen LogP contribution in [-0.2, 0) is 0 Å². The average Bonchev–Trinajstić information content (AvgIpc) is 2.03. The van der Waals surface area contributed by atoms with E-state index in [1.165, 1.54) is 6.34 Å². The van der Waals surface area contributed by atoms with E-state index in [-0.39, 0.29) is 0 Å². The van der Waals surface area contributed by atoms with Gasteiger partial charge in [0.2, 0.25) is 0 Å². The molecule has 0 spiro atoms. The van der Waals surface area contributed by atoms with Crippen molar-refractivity contribution in [2.75, 3.05) is 14.1 Å². The van der Waals surface area contributed by atoms with Crippen molar-refractivity contribution in [3.05, 3.63) is 28.8 Å². The maximum atomic E-state index is 7.31. The van der Waals surface area contributed by atoms with E-state index in [2.05, 4.69) is 0 Å². The molecule has 0 amide bonds. The minimum atomic E-state index is 0.447. The average molecular weight is 198 g/mol. The first-order chi connectivity index (χ1) is 5.97. The summed E-state index contributed by atoms with van der Waals surface area (Å²) in [5.74, 6) is 0. The zero-order valence-electron chi connectivity index (χ0n) is 8.13. The topological polar surface area (TPSA) is 23.9 Å². The number of hydrogen-bond acceptors (Lipinski definition) is 1. The van der Waals surface area contributed by atoms with Gasteiger partial charge in [-0.1, -0.05) is 11.6 Å². The Balaban J connectivity index is 3.23. The molecule has 0 aromatic heterocycles. The van der Waals surface area contributed by atoms with Crippen LogP contribution in [0.3, 0.4) is 0 Å². The number of halogens is 1. The second-order valence-corrected chi connectivity index (χ2v) is 4.04. The molecule has 0 unspecified atom stereocenters. The molecule has 1 rings (SSSR count). The van der Waals surface area contributed by atoms with Crippen LogP contribution in [-0.4, -0.2) is 20.4 Å². The van der Waals surface area contributed by atoms with Gasteiger partial charge in [0, 0.05) is 16.7 Å². The molecule has 1 N–H and O–H groups in total. The standard InChI is InChI=1S/C10H14ClN2/c1-8-6-9(11)4-5-10(8)13(2,3)7-12/h4-7,12H,1-3H3/q+1. The van der Waals surface area contributed by atoms with Crippen LogP contribution in [0.4, 0.5) is 5.69 Å². The predicted octanol–water partition coefficient (Wildman–Crippen LogP) is 2.82. The molecule has 0 aliphatic rings. The van der Waals surface area contributed by atoms with Crippen LogP contribution >= 0.6 is 11.6 Å². The van der Waals surface area contributed by atoms with E-state index in [1.54, 1.807) is 0 Å². The molecule has 0 heterocycles. The molecular formula is C10H14ClN2+. The van der Waals surface area contributed by atoms with E-state index in [0.717, 1.165) is 16.3 Å². The molecular weight excluding hydrogens is 184 g/mol. The summed E-state index contributed by atoms with van der Waals surface area (Å²) in [6.07, 6.45) is 1.40. The summed E-state index contributed by atoms with van der Waals surface area (Å²) < 4.78 is 0.447. The van der Waals surface area contributed by atoms with Gasteiger partial charge in [0.05, 0.1) is 14.1 Å². The Kier molecular flexibility index (Phi) is 2.74. The third-order valence-corrected chi connectivity index (χ3v) is 2.34. The van der Waals surface area contributed by atoms with Crippen LogP contribution in [0.2, 0.25) is 5.02 Å². The first-order valence-corrected chi connectivity index (χ1v) is 4.47. The van der Waals surface area contributed by atoms with Crippen LogP contribution in [0.1, 0.15) is 5.56 Å². The molecule has 1 aromatic carbocycles. The summed E-state index contributed by atoms with van der Waals surface area (Å²) >= 11 is 5.85. The molecule has 1 aromatic rings. The molecule has 2 nitrogen and oxygen atoms in total. The van der Waals surface area contributed by atoms with Gasteiger partial charge in [0.25, 0.3) is 0 Å². The van der Waals surface area contributed by atoms with E-state index in [0.29, 0.717) is 4.48 Å². The smallest absolute Gasteiger partial charge is 0.187 e. The van der Waals surface area contributed by atoms with Crippen LogP contribution in [0, 0.1) is 12.3 Å². The Labute approximate surface area is 83.8 Å². The highest BCUT2D eigenvalue weighted by molar-refractivity contribution is 6.30. The predicted molar refractivity (Wildman–Crippen MR) is 58.6 cm³/mol. The van der Waals surface area contributed by atoms with Crippen molar-refractivity contribution in [3.8, 4) is 0 Å². The van der Waals surface area contributed by atoms with Crippen molar-refractivity contribution in [2.45, 2.75) is 6.92 Å². The van der Waals surface area contributed by atoms with Crippen molar-refractivity contribution in [1.82, 2.24) is 4.48 Å². The van der Waals surface area contributed by atoms with Gasteiger partial charge < -0.3 is 0 Å². The van der Waals surface area contributed by atoms with Gasteiger partial charge in [-0.3, -0.25) is 9.89 Å². The van der Waals surface area contributed by atoms with E-state index in [4.69, 9.17) is 17.0 Å². The second kappa shape index (κ2) is 3.48. The number of rotatable bonds is 2. The van der Waals surface area contributed by atoms with Gasteiger partial charge in [0.1, 0.15) is 5.69 Å². The number of nitrogens with zero attached hydrogens (tertiary/aromatic N) is 1. The molecule has 13 heavy (non-hydrogen) atoms. The lowest BCUT2D eigenvalue weighted by Crippen LogP contribution is -2.38. The zero-order chi connectivity index (χ0) is 10.1. The van der Waals surface area contributed by atoms with E-state index >= 15 is 0 Å². The van der Waals surface area contributed by atoms with Gasteiger partial charge in [-0.05, 0) is 19.1 Å². The molecule has 0 fully saturated rings. The Morgan fingerprint density at radius 1 is 1.38 bits per heavy atom. The molecule has 0 aliphatic heterocycles. The first-order valence-electron chi connectivity index (χ1n) is 4.09. The highest BCUT2D eigenvalue weighted by Gasteiger charge is 2.18. The Hall–Kier alpha value is -0.860. The van der Waals surface area contributed by atoms with Crippen LogP contribution < -0.4 is 4.48 Å². The fourth-order valence-corrected chi connectivity index (χ4v) is 1.56. The Morgan fingerprint density at radius 3 is 2.46 bits per heavy atom. The molecule has 0 bridgehead atoms. The number of nitrogens with one attached hydrogen (secondary N) is 1. The minimum Gasteiger partial charge on any atom is -0.257 e. The van der Waals surface area contributed by atoms with Crippen molar-refractivity contribution >= 4 is 23.6 Å². The van der Waals surface area contributed by atoms with Crippen molar-refractivity contribution < 1.29 is 0 Å². The molecule has 0 saturated heterocycles. The maximum absolute atomic E-state index is 7.31. The zero-order valence-corrected chi connectivity index (χ0v) is 8.89. The van der Waals surface area contributed by atoms with Gasteiger partial charge in [0.15, 0.2) is 6.34 Å². The Morgan fingerprint density at radius 2 is 2.00 bits per heavy atom. The number of benzene rings is 1. The van der Waals surface area contributed by atoms with E-state index < -0.39 is 0 Å². The third-order valence-electron chi connectivity index (χ3n) is 2.10. The monoisotopic (exact) mass is 197 g/mol. The number of aryl methyl sites for hydroxylation is 1. The lowest BCUT2D eigenvalue weighted by atomic mass is 10.2. The Bertz CT molecular complexity index is 332. The fraction of sp³-hybridized carbons (Fsp3) is 0.300. The van der Waals surface area contributed by atoms with Crippen molar-refractivity contribution in [3.63, 3.8) is 0 Å².